The second-order valence-electron chi connectivity index (χ2n) is 6.83. The van der Waals surface area contributed by atoms with Crippen LogP contribution in [0.2, 0.25) is 5.02 Å². The molecule has 0 spiro atoms. The van der Waals surface area contributed by atoms with Crippen molar-refractivity contribution in [1.82, 2.24) is 5.32 Å². The van der Waals surface area contributed by atoms with E-state index in [0.29, 0.717) is 33.0 Å². The number of Topliss-reactive ketones (excluding diaryl/α,β-unsaturated/α-hetero) is 1. The predicted octanol–water partition coefficient (Wildman–Crippen LogP) is 7.33. The maximum atomic E-state index is 11.8. The van der Waals surface area contributed by atoms with Crippen LogP contribution < -0.4 is 5.32 Å². The van der Waals surface area contributed by atoms with Crippen molar-refractivity contribution in [3.05, 3.63) is 107 Å². The van der Waals surface area contributed by atoms with Crippen molar-refractivity contribution in [1.29, 1.82) is 0 Å². The van der Waals surface area contributed by atoms with Gasteiger partial charge in [-0.2, -0.15) is 0 Å². The Morgan fingerprint density at radius 2 is 1.83 bits per heavy atom. The predicted molar refractivity (Wildman–Crippen MR) is 128 cm³/mol. The molecular formula is C26H26ClNO2. The quantitative estimate of drug-likeness (QED) is 0.267. The summed E-state index contributed by atoms with van der Waals surface area (Å²) in [4.78, 5) is 11.8. The van der Waals surface area contributed by atoms with Gasteiger partial charge >= 0.3 is 0 Å². The summed E-state index contributed by atoms with van der Waals surface area (Å²) in [5.74, 6) is -0.247. The van der Waals surface area contributed by atoms with E-state index in [0.717, 1.165) is 16.8 Å². The third kappa shape index (κ3) is 5.00. The standard InChI is InChI=1S/C26H26ClNO2/c1-7-10-16(3)25(8-2)28-17(4)21-11-9-12-24(27)26(21)22-14-13-20(18(5)29)15-23(22)19(6)30/h7-15,28,30H,2,4,6H2,1,3,5H3/b10-7-,25-16+. The molecule has 0 aliphatic carbocycles. The van der Waals surface area contributed by atoms with Crippen molar-refractivity contribution in [3.8, 4) is 11.1 Å². The summed E-state index contributed by atoms with van der Waals surface area (Å²) in [5, 5.41) is 14.0. The van der Waals surface area contributed by atoms with E-state index in [1.54, 1.807) is 30.3 Å². The third-order valence-corrected chi connectivity index (χ3v) is 4.99. The molecule has 0 amide bonds. The van der Waals surface area contributed by atoms with E-state index in [1.807, 2.05) is 38.1 Å². The first-order valence-corrected chi connectivity index (χ1v) is 9.83. The summed E-state index contributed by atoms with van der Waals surface area (Å²) in [5.41, 5.74) is 5.47. The fraction of sp³-hybridized carbons (Fsp3) is 0.115. The van der Waals surface area contributed by atoms with Crippen molar-refractivity contribution in [2.24, 2.45) is 0 Å². The molecule has 30 heavy (non-hydrogen) atoms. The number of rotatable bonds is 8. The molecule has 2 N–H and O–H groups in total. The lowest BCUT2D eigenvalue weighted by Gasteiger charge is -2.19. The Hall–Kier alpha value is -3.30. The van der Waals surface area contributed by atoms with E-state index in [1.165, 1.54) is 6.92 Å². The number of aliphatic hydroxyl groups excluding tert-OH is 1. The maximum Gasteiger partial charge on any atom is 0.159 e. The Kier molecular flexibility index (Phi) is 7.62. The fourth-order valence-corrected chi connectivity index (χ4v) is 3.43. The minimum absolute atomic E-state index is 0.102. The Labute approximate surface area is 183 Å². The van der Waals surface area contributed by atoms with Crippen LogP contribution in [-0.4, -0.2) is 10.9 Å². The van der Waals surface area contributed by atoms with Gasteiger partial charge in [-0.15, -0.1) is 0 Å². The number of halogens is 1. The highest BCUT2D eigenvalue weighted by atomic mass is 35.5. The highest BCUT2D eigenvalue weighted by Gasteiger charge is 2.18. The second kappa shape index (κ2) is 9.95. The number of allylic oxidation sites excluding steroid dienone is 4. The van der Waals surface area contributed by atoms with Gasteiger partial charge in [0.2, 0.25) is 0 Å². The summed E-state index contributed by atoms with van der Waals surface area (Å²) in [6.07, 6.45) is 5.65. The van der Waals surface area contributed by atoms with E-state index in [2.05, 4.69) is 25.1 Å². The Balaban J connectivity index is 2.67. The summed E-state index contributed by atoms with van der Waals surface area (Å²) in [6, 6.07) is 10.6. The van der Waals surface area contributed by atoms with E-state index in [4.69, 9.17) is 11.6 Å². The van der Waals surface area contributed by atoms with Crippen LogP contribution >= 0.6 is 11.6 Å². The van der Waals surface area contributed by atoms with Gasteiger partial charge in [-0.1, -0.05) is 67.8 Å². The lowest BCUT2D eigenvalue weighted by molar-refractivity contribution is 0.101. The Bertz CT molecular complexity index is 1090. The van der Waals surface area contributed by atoms with Crippen LogP contribution in [0, 0.1) is 0 Å². The smallest absolute Gasteiger partial charge is 0.159 e. The lowest BCUT2D eigenvalue weighted by Crippen LogP contribution is -2.12. The number of benzene rings is 2. The lowest BCUT2D eigenvalue weighted by atomic mass is 9.91. The largest absolute Gasteiger partial charge is 0.508 e. The highest BCUT2D eigenvalue weighted by Crippen LogP contribution is 2.38. The minimum Gasteiger partial charge on any atom is -0.508 e. The van der Waals surface area contributed by atoms with Crippen LogP contribution in [0.3, 0.4) is 0 Å². The van der Waals surface area contributed by atoms with Crippen LogP contribution in [0.25, 0.3) is 22.6 Å². The first kappa shape index (κ1) is 23.0. The SMILES string of the molecule is C=C/C(NC(=C)c1cccc(Cl)c1-c1ccc(C(C)=O)cc1C(=C)O)=C(C)\C=C/C. The van der Waals surface area contributed by atoms with Crippen molar-refractivity contribution in [2.45, 2.75) is 20.8 Å². The number of aliphatic hydroxyl groups is 1. The number of carbonyl (C=O) groups excluding carboxylic acids is 1. The van der Waals surface area contributed by atoms with E-state index < -0.39 is 0 Å². The molecule has 4 heteroatoms. The van der Waals surface area contributed by atoms with E-state index in [-0.39, 0.29) is 11.5 Å². The van der Waals surface area contributed by atoms with Gasteiger partial charge in [-0.25, -0.2) is 0 Å². The molecule has 0 aliphatic rings. The average Bonchev–Trinajstić information content (AvgIpc) is 2.71. The summed E-state index contributed by atoms with van der Waals surface area (Å²) < 4.78 is 0. The number of hydrogen-bond acceptors (Lipinski definition) is 3. The second-order valence-corrected chi connectivity index (χ2v) is 7.24. The van der Waals surface area contributed by atoms with E-state index >= 15 is 0 Å². The molecule has 2 rings (SSSR count). The normalized spacial score (nSPS) is 11.7. The molecule has 0 saturated heterocycles. The van der Waals surface area contributed by atoms with Crippen LogP contribution in [0.4, 0.5) is 0 Å². The molecule has 0 aromatic heterocycles. The van der Waals surface area contributed by atoms with Gasteiger partial charge in [-0.05, 0) is 50.1 Å². The zero-order valence-corrected chi connectivity index (χ0v) is 18.3. The first-order chi connectivity index (χ1) is 14.2. The van der Waals surface area contributed by atoms with Gasteiger partial charge in [0.15, 0.2) is 5.78 Å². The molecule has 154 valence electrons. The number of carbonyl (C=O) groups is 1. The highest BCUT2D eigenvalue weighted by molar-refractivity contribution is 6.34. The molecule has 0 aliphatic heterocycles. The topological polar surface area (TPSA) is 49.3 Å². The van der Waals surface area contributed by atoms with Gasteiger partial charge in [0.1, 0.15) is 5.76 Å². The molecule has 0 unspecified atom stereocenters. The molecule has 3 nitrogen and oxygen atoms in total. The Morgan fingerprint density at radius 3 is 2.40 bits per heavy atom. The molecule has 0 saturated carbocycles. The third-order valence-electron chi connectivity index (χ3n) is 4.68. The zero-order valence-electron chi connectivity index (χ0n) is 17.6. The summed E-state index contributed by atoms with van der Waals surface area (Å²) in [7, 11) is 0. The zero-order chi connectivity index (χ0) is 22.4. The molecule has 0 heterocycles. The molecule has 2 aromatic rings. The minimum atomic E-state index is -0.145. The first-order valence-electron chi connectivity index (χ1n) is 9.45. The molecule has 0 atom stereocenters. The molecule has 0 bridgehead atoms. The number of ketones is 1. The summed E-state index contributed by atoms with van der Waals surface area (Å²) in [6.45, 7) is 17.1. The number of nitrogens with one attached hydrogen (secondary N) is 1. The van der Waals surface area contributed by atoms with Gasteiger partial charge in [0.05, 0.1) is 0 Å². The van der Waals surface area contributed by atoms with Gasteiger partial charge in [-0.3, -0.25) is 4.79 Å². The van der Waals surface area contributed by atoms with E-state index in [9.17, 15) is 9.90 Å². The van der Waals surface area contributed by atoms with Gasteiger partial charge in [0.25, 0.3) is 0 Å². The van der Waals surface area contributed by atoms with Gasteiger partial charge in [0, 0.05) is 38.7 Å². The molecule has 2 aromatic carbocycles. The van der Waals surface area contributed by atoms with Gasteiger partial charge < -0.3 is 10.4 Å². The number of hydrogen-bond donors (Lipinski definition) is 2. The van der Waals surface area contributed by atoms with Crippen molar-refractivity contribution >= 4 is 28.8 Å². The van der Waals surface area contributed by atoms with Crippen LogP contribution in [0.5, 0.6) is 0 Å². The monoisotopic (exact) mass is 419 g/mol. The van der Waals surface area contributed by atoms with Crippen LogP contribution in [0.1, 0.15) is 42.3 Å². The van der Waals surface area contributed by atoms with Crippen LogP contribution in [-0.2, 0) is 0 Å². The molecular weight excluding hydrogens is 394 g/mol. The van der Waals surface area contributed by atoms with Crippen LogP contribution in [0.15, 0.2) is 85.6 Å². The fourth-order valence-electron chi connectivity index (χ4n) is 3.15. The molecule has 0 fully saturated rings. The Morgan fingerprint density at radius 1 is 1.13 bits per heavy atom. The van der Waals surface area contributed by atoms with Crippen molar-refractivity contribution in [2.75, 3.05) is 0 Å². The molecule has 0 radical (unpaired) electrons. The van der Waals surface area contributed by atoms with Crippen molar-refractivity contribution in [3.63, 3.8) is 0 Å². The maximum absolute atomic E-state index is 11.8. The average molecular weight is 420 g/mol. The summed E-state index contributed by atoms with van der Waals surface area (Å²) >= 11 is 6.58. The van der Waals surface area contributed by atoms with Crippen molar-refractivity contribution < 1.29 is 9.90 Å².